The number of carboxylic acids is 1. The van der Waals surface area contributed by atoms with E-state index in [1.807, 2.05) is 12.1 Å². The Labute approximate surface area is 87.8 Å². The molecule has 0 aliphatic carbocycles. The number of carboxylic acid groups (broad SMARTS) is 1. The van der Waals surface area contributed by atoms with Gasteiger partial charge < -0.3 is 5.11 Å². The first kappa shape index (κ1) is 10.8. The summed E-state index contributed by atoms with van der Waals surface area (Å²) in [6, 6.07) is 7.25. The summed E-state index contributed by atoms with van der Waals surface area (Å²) in [6.07, 6.45) is 0.557. The summed E-state index contributed by atoms with van der Waals surface area (Å²) in [5.74, 6) is -0.812. The molecule has 0 fully saturated rings. The second kappa shape index (κ2) is 4.82. The fraction of sp³-hybridized carbons (Fsp3) is 0.182. The molecule has 0 spiro atoms. The first-order chi connectivity index (χ1) is 6.59. The van der Waals surface area contributed by atoms with Crippen LogP contribution in [0.3, 0.4) is 0 Å². The van der Waals surface area contributed by atoms with Gasteiger partial charge in [0, 0.05) is 11.4 Å². The third-order valence-corrected chi connectivity index (χ3v) is 2.11. The second-order valence-electron chi connectivity index (χ2n) is 3.01. The van der Waals surface area contributed by atoms with E-state index in [4.69, 9.17) is 16.7 Å². The summed E-state index contributed by atoms with van der Waals surface area (Å²) in [5, 5.41) is 9.13. The number of hydrogen-bond donors (Lipinski definition) is 1. The predicted molar refractivity (Wildman–Crippen MR) is 57.4 cm³/mol. The second-order valence-corrected chi connectivity index (χ2v) is 3.44. The summed E-state index contributed by atoms with van der Waals surface area (Å²) in [7, 11) is 0. The summed E-state index contributed by atoms with van der Waals surface area (Å²) in [5.41, 5.74) is 1.70. The molecule has 1 aromatic carbocycles. The van der Waals surface area contributed by atoms with E-state index < -0.39 is 5.97 Å². The van der Waals surface area contributed by atoms with Gasteiger partial charge in [0.2, 0.25) is 0 Å². The molecule has 0 bridgehead atoms. The third kappa shape index (κ3) is 3.23. The van der Waals surface area contributed by atoms with E-state index in [9.17, 15) is 4.79 Å². The molecule has 0 aliphatic heterocycles. The average molecular weight is 211 g/mol. The van der Waals surface area contributed by atoms with Crippen molar-refractivity contribution in [2.24, 2.45) is 0 Å². The first-order valence-electron chi connectivity index (χ1n) is 4.25. The van der Waals surface area contributed by atoms with Gasteiger partial charge in [-0.15, -0.1) is 0 Å². The molecule has 74 valence electrons. The van der Waals surface area contributed by atoms with Gasteiger partial charge >= 0.3 is 5.97 Å². The Bertz CT molecular complexity index is 358. The zero-order valence-corrected chi connectivity index (χ0v) is 8.42. The van der Waals surface area contributed by atoms with Crippen molar-refractivity contribution in [2.75, 3.05) is 0 Å². The number of benzene rings is 1. The molecule has 0 atom stereocenters. The summed E-state index contributed by atoms with van der Waals surface area (Å²) < 4.78 is 0. The maximum absolute atomic E-state index is 10.3. The van der Waals surface area contributed by atoms with Crippen LogP contribution < -0.4 is 0 Å². The molecule has 0 radical (unpaired) electrons. The Balaban J connectivity index is 2.65. The molecule has 2 nitrogen and oxygen atoms in total. The Kier molecular flexibility index (Phi) is 3.72. The van der Waals surface area contributed by atoms with Crippen molar-refractivity contribution in [1.29, 1.82) is 0 Å². The lowest BCUT2D eigenvalue weighted by atomic mass is 10.0. The van der Waals surface area contributed by atoms with Crippen LogP contribution in [0.1, 0.15) is 18.4 Å². The number of halogens is 1. The molecule has 0 unspecified atom stereocenters. The van der Waals surface area contributed by atoms with Gasteiger partial charge in [0.25, 0.3) is 0 Å². The molecule has 0 amide bonds. The van der Waals surface area contributed by atoms with Crippen molar-refractivity contribution in [1.82, 2.24) is 0 Å². The van der Waals surface area contributed by atoms with Crippen molar-refractivity contribution in [3.63, 3.8) is 0 Å². The monoisotopic (exact) mass is 210 g/mol. The Morgan fingerprint density at radius 1 is 1.43 bits per heavy atom. The molecule has 1 aromatic rings. The molecule has 0 saturated carbocycles. The molecule has 0 aromatic heterocycles. The lowest BCUT2D eigenvalue weighted by Gasteiger charge is -2.04. The minimum Gasteiger partial charge on any atom is -0.481 e. The van der Waals surface area contributed by atoms with Gasteiger partial charge in [-0.2, -0.15) is 0 Å². The molecular formula is C11H11ClO2. The molecule has 0 heterocycles. The topological polar surface area (TPSA) is 37.3 Å². The van der Waals surface area contributed by atoms with E-state index in [1.54, 1.807) is 12.1 Å². The van der Waals surface area contributed by atoms with Crippen LogP contribution in [0.2, 0.25) is 5.02 Å². The van der Waals surface area contributed by atoms with Crippen molar-refractivity contribution in [3.8, 4) is 0 Å². The van der Waals surface area contributed by atoms with Crippen LogP contribution in [0.4, 0.5) is 0 Å². The van der Waals surface area contributed by atoms with E-state index in [-0.39, 0.29) is 6.42 Å². The Morgan fingerprint density at radius 3 is 2.71 bits per heavy atom. The maximum Gasteiger partial charge on any atom is 0.303 e. The van der Waals surface area contributed by atoms with E-state index in [0.29, 0.717) is 11.4 Å². The quantitative estimate of drug-likeness (QED) is 0.829. The summed E-state index contributed by atoms with van der Waals surface area (Å²) >= 11 is 5.79. The van der Waals surface area contributed by atoms with Crippen molar-refractivity contribution >= 4 is 23.1 Å². The highest BCUT2D eigenvalue weighted by molar-refractivity contribution is 6.30. The van der Waals surface area contributed by atoms with Crippen LogP contribution in [0, 0.1) is 0 Å². The zero-order valence-electron chi connectivity index (χ0n) is 7.66. The molecule has 1 N–H and O–H groups in total. The van der Waals surface area contributed by atoms with E-state index >= 15 is 0 Å². The minimum atomic E-state index is -0.812. The molecular weight excluding hydrogens is 200 g/mol. The smallest absolute Gasteiger partial charge is 0.303 e. The molecule has 14 heavy (non-hydrogen) atoms. The Morgan fingerprint density at radius 2 is 2.14 bits per heavy atom. The van der Waals surface area contributed by atoms with E-state index in [0.717, 1.165) is 11.1 Å². The van der Waals surface area contributed by atoms with Crippen LogP contribution in [0.25, 0.3) is 5.57 Å². The number of rotatable bonds is 4. The van der Waals surface area contributed by atoms with Crippen molar-refractivity contribution in [3.05, 3.63) is 41.4 Å². The first-order valence-corrected chi connectivity index (χ1v) is 4.63. The average Bonchev–Trinajstić information content (AvgIpc) is 2.14. The van der Waals surface area contributed by atoms with Gasteiger partial charge in [-0.1, -0.05) is 30.3 Å². The van der Waals surface area contributed by atoms with Crippen LogP contribution in [0.15, 0.2) is 30.8 Å². The van der Waals surface area contributed by atoms with E-state index in [1.165, 1.54) is 0 Å². The summed E-state index contributed by atoms with van der Waals surface area (Å²) in [6.45, 7) is 3.82. The highest BCUT2D eigenvalue weighted by Crippen LogP contribution is 2.20. The van der Waals surface area contributed by atoms with Gasteiger partial charge in [0.1, 0.15) is 0 Å². The van der Waals surface area contributed by atoms with Gasteiger partial charge in [0.05, 0.1) is 0 Å². The standard InChI is InChI=1S/C11H11ClO2/c1-8(5-6-11(13)14)9-3-2-4-10(12)7-9/h2-4,7H,1,5-6H2,(H,13,14). The van der Waals surface area contributed by atoms with Crippen LogP contribution in [-0.4, -0.2) is 11.1 Å². The minimum absolute atomic E-state index is 0.103. The number of allylic oxidation sites excluding steroid dienone is 1. The maximum atomic E-state index is 10.3. The van der Waals surface area contributed by atoms with Crippen molar-refractivity contribution < 1.29 is 9.90 Å². The van der Waals surface area contributed by atoms with Crippen LogP contribution in [0.5, 0.6) is 0 Å². The van der Waals surface area contributed by atoms with Crippen LogP contribution >= 0.6 is 11.6 Å². The number of aliphatic carboxylic acids is 1. The fourth-order valence-electron chi connectivity index (χ4n) is 1.11. The third-order valence-electron chi connectivity index (χ3n) is 1.87. The Hall–Kier alpha value is -1.28. The number of carbonyl (C=O) groups is 1. The fourth-order valence-corrected chi connectivity index (χ4v) is 1.30. The van der Waals surface area contributed by atoms with Gasteiger partial charge in [-0.3, -0.25) is 4.79 Å². The lowest BCUT2D eigenvalue weighted by Crippen LogP contribution is -1.94. The van der Waals surface area contributed by atoms with Crippen LogP contribution in [-0.2, 0) is 4.79 Å². The predicted octanol–water partition coefficient (Wildman–Crippen LogP) is 3.22. The summed E-state index contributed by atoms with van der Waals surface area (Å²) in [4.78, 5) is 10.3. The largest absolute Gasteiger partial charge is 0.481 e. The zero-order chi connectivity index (χ0) is 10.6. The molecule has 1 rings (SSSR count). The molecule has 0 saturated heterocycles. The number of hydrogen-bond acceptors (Lipinski definition) is 1. The lowest BCUT2D eigenvalue weighted by molar-refractivity contribution is -0.136. The van der Waals surface area contributed by atoms with Gasteiger partial charge in [0.15, 0.2) is 0 Å². The SMILES string of the molecule is C=C(CCC(=O)O)c1cccc(Cl)c1. The molecule has 3 heteroatoms. The highest BCUT2D eigenvalue weighted by Gasteiger charge is 2.02. The van der Waals surface area contributed by atoms with Crippen molar-refractivity contribution in [2.45, 2.75) is 12.8 Å². The highest BCUT2D eigenvalue weighted by atomic mass is 35.5. The molecule has 0 aliphatic rings. The normalized spacial score (nSPS) is 9.79. The van der Waals surface area contributed by atoms with Gasteiger partial charge in [-0.05, 0) is 29.7 Å². The van der Waals surface area contributed by atoms with E-state index in [2.05, 4.69) is 6.58 Å². The van der Waals surface area contributed by atoms with Gasteiger partial charge in [-0.25, -0.2) is 0 Å².